The van der Waals surface area contributed by atoms with E-state index in [0.29, 0.717) is 19.7 Å². The van der Waals surface area contributed by atoms with Gasteiger partial charge >= 0.3 is 0 Å². The third kappa shape index (κ3) is 5.83. The van der Waals surface area contributed by atoms with Crippen molar-refractivity contribution in [2.75, 3.05) is 33.4 Å². The lowest BCUT2D eigenvalue weighted by molar-refractivity contribution is -0.122. The highest BCUT2D eigenvalue weighted by Gasteiger charge is 2.14. The molecule has 0 aliphatic carbocycles. The van der Waals surface area contributed by atoms with Gasteiger partial charge in [-0.2, -0.15) is 0 Å². The minimum Gasteiger partial charge on any atom is -0.383 e. The maximum atomic E-state index is 11.8. The number of amides is 1. The molecule has 106 valence electrons. The first-order valence-corrected chi connectivity index (χ1v) is 6.44. The van der Waals surface area contributed by atoms with Crippen LogP contribution in [0.15, 0.2) is 24.3 Å². The number of methoxy groups -OCH3 is 1. The van der Waals surface area contributed by atoms with Gasteiger partial charge in [0.05, 0.1) is 6.61 Å². The molecule has 1 amide bonds. The Kier molecular flexibility index (Phi) is 7.10. The third-order valence-corrected chi connectivity index (χ3v) is 2.80. The van der Waals surface area contributed by atoms with E-state index in [4.69, 9.17) is 10.5 Å². The van der Waals surface area contributed by atoms with Gasteiger partial charge in [0.25, 0.3) is 0 Å². The van der Waals surface area contributed by atoms with E-state index in [1.807, 2.05) is 31.2 Å². The van der Waals surface area contributed by atoms with Crippen LogP contribution in [0.1, 0.15) is 17.2 Å². The van der Waals surface area contributed by atoms with Crippen molar-refractivity contribution in [2.24, 2.45) is 5.73 Å². The lowest BCUT2D eigenvalue weighted by Crippen LogP contribution is -2.38. The molecular weight excluding hydrogens is 242 g/mol. The van der Waals surface area contributed by atoms with Crippen molar-refractivity contribution in [1.29, 1.82) is 0 Å². The predicted molar refractivity (Wildman–Crippen MR) is 75.9 cm³/mol. The van der Waals surface area contributed by atoms with Crippen LogP contribution in [0.4, 0.5) is 0 Å². The van der Waals surface area contributed by atoms with Crippen LogP contribution in [-0.2, 0) is 9.53 Å². The fourth-order valence-electron chi connectivity index (χ4n) is 1.61. The second-order valence-corrected chi connectivity index (χ2v) is 4.42. The van der Waals surface area contributed by atoms with Crippen LogP contribution in [-0.4, -0.2) is 39.3 Å². The van der Waals surface area contributed by atoms with Gasteiger partial charge in [-0.05, 0) is 12.5 Å². The second kappa shape index (κ2) is 8.63. The minimum absolute atomic E-state index is 0.155. The number of aryl methyl sites for hydroxylation is 1. The first-order chi connectivity index (χ1) is 9.15. The molecule has 0 fully saturated rings. The number of benzene rings is 1. The van der Waals surface area contributed by atoms with E-state index in [1.165, 1.54) is 0 Å². The van der Waals surface area contributed by atoms with Crippen LogP contribution in [0, 0.1) is 6.92 Å². The molecule has 1 aromatic carbocycles. The molecule has 19 heavy (non-hydrogen) atoms. The van der Waals surface area contributed by atoms with Crippen LogP contribution >= 0.6 is 0 Å². The van der Waals surface area contributed by atoms with Crippen LogP contribution in [0.2, 0.25) is 0 Å². The van der Waals surface area contributed by atoms with Crippen LogP contribution in [0.3, 0.4) is 0 Å². The molecule has 5 nitrogen and oxygen atoms in total. The smallest absolute Gasteiger partial charge is 0.241 e. The summed E-state index contributed by atoms with van der Waals surface area (Å²) in [5.74, 6) is -0.155. The Labute approximate surface area is 114 Å². The number of hydrogen-bond acceptors (Lipinski definition) is 4. The molecule has 0 saturated heterocycles. The van der Waals surface area contributed by atoms with E-state index in [-0.39, 0.29) is 5.91 Å². The first kappa shape index (κ1) is 15.6. The molecule has 1 rings (SSSR count). The number of rotatable bonds is 8. The normalized spacial score (nSPS) is 12.2. The fraction of sp³-hybridized carbons (Fsp3) is 0.500. The van der Waals surface area contributed by atoms with Crippen LogP contribution in [0.5, 0.6) is 0 Å². The van der Waals surface area contributed by atoms with Crippen molar-refractivity contribution in [2.45, 2.75) is 13.0 Å². The quantitative estimate of drug-likeness (QED) is 0.593. The highest BCUT2D eigenvalue weighted by molar-refractivity contribution is 5.82. The maximum Gasteiger partial charge on any atom is 0.241 e. The highest BCUT2D eigenvalue weighted by atomic mass is 16.5. The van der Waals surface area contributed by atoms with Crippen molar-refractivity contribution in [3.05, 3.63) is 35.4 Å². The van der Waals surface area contributed by atoms with Gasteiger partial charge in [0.15, 0.2) is 0 Å². The van der Waals surface area contributed by atoms with Gasteiger partial charge < -0.3 is 21.1 Å². The van der Waals surface area contributed by atoms with Gasteiger partial charge in [0.2, 0.25) is 5.91 Å². The number of ether oxygens (including phenoxy) is 1. The number of nitrogens with two attached hydrogens (primary N) is 1. The summed E-state index contributed by atoms with van der Waals surface area (Å²) in [5.41, 5.74) is 7.88. The average Bonchev–Trinajstić information content (AvgIpc) is 2.42. The number of hydrogen-bond donors (Lipinski definition) is 3. The summed E-state index contributed by atoms with van der Waals surface area (Å²) in [7, 11) is 1.66. The lowest BCUT2D eigenvalue weighted by atomic mass is 10.1. The molecule has 0 radical (unpaired) electrons. The number of carbonyl (C=O) groups excluding carboxylic acids is 1. The van der Waals surface area contributed by atoms with E-state index >= 15 is 0 Å². The average molecular weight is 265 g/mol. The summed E-state index contributed by atoms with van der Waals surface area (Å²) in [5, 5.41) is 5.95. The Balaban J connectivity index is 2.27. The lowest BCUT2D eigenvalue weighted by Gasteiger charge is -2.13. The monoisotopic (exact) mass is 265 g/mol. The largest absolute Gasteiger partial charge is 0.383 e. The SMILES string of the molecule is COCCNCCNC(=O)C(N)c1ccc(C)cc1. The van der Waals surface area contributed by atoms with E-state index in [2.05, 4.69) is 10.6 Å². The van der Waals surface area contributed by atoms with Crippen LogP contribution in [0.25, 0.3) is 0 Å². The van der Waals surface area contributed by atoms with E-state index in [1.54, 1.807) is 7.11 Å². The van der Waals surface area contributed by atoms with Crippen molar-refractivity contribution < 1.29 is 9.53 Å². The number of carbonyl (C=O) groups is 1. The molecule has 1 atom stereocenters. The topological polar surface area (TPSA) is 76.4 Å². The zero-order valence-electron chi connectivity index (χ0n) is 11.6. The molecule has 0 bridgehead atoms. The van der Waals surface area contributed by atoms with Gasteiger partial charge in [-0.15, -0.1) is 0 Å². The van der Waals surface area contributed by atoms with Gasteiger partial charge in [0, 0.05) is 26.7 Å². The molecule has 0 heterocycles. The van der Waals surface area contributed by atoms with Gasteiger partial charge in [-0.1, -0.05) is 29.8 Å². The summed E-state index contributed by atoms with van der Waals surface area (Å²) in [6, 6.07) is 7.07. The predicted octanol–water partition coefficient (Wildman–Crippen LogP) is 0.347. The van der Waals surface area contributed by atoms with Gasteiger partial charge in [-0.3, -0.25) is 4.79 Å². The summed E-state index contributed by atoms with van der Waals surface area (Å²) in [4.78, 5) is 11.8. The zero-order chi connectivity index (χ0) is 14.1. The summed E-state index contributed by atoms with van der Waals surface area (Å²) in [6.07, 6.45) is 0. The van der Waals surface area contributed by atoms with E-state index in [0.717, 1.165) is 17.7 Å². The molecule has 5 heteroatoms. The molecule has 4 N–H and O–H groups in total. The van der Waals surface area contributed by atoms with Crippen molar-refractivity contribution in [1.82, 2.24) is 10.6 Å². The summed E-state index contributed by atoms with van der Waals surface area (Å²) in [6.45, 7) is 4.70. The Morgan fingerprint density at radius 1 is 1.26 bits per heavy atom. The molecule has 0 aromatic heterocycles. The standard InChI is InChI=1S/C14H23N3O2/c1-11-3-5-12(6-4-11)13(15)14(18)17-8-7-16-9-10-19-2/h3-6,13,16H,7-10,15H2,1-2H3,(H,17,18). The Morgan fingerprint density at radius 3 is 2.58 bits per heavy atom. The van der Waals surface area contributed by atoms with Crippen molar-refractivity contribution >= 4 is 5.91 Å². The number of nitrogens with one attached hydrogen (secondary N) is 2. The Hall–Kier alpha value is -1.43. The van der Waals surface area contributed by atoms with E-state index < -0.39 is 6.04 Å². The maximum absolute atomic E-state index is 11.8. The Morgan fingerprint density at radius 2 is 1.95 bits per heavy atom. The van der Waals surface area contributed by atoms with Gasteiger partial charge in [-0.25, -0.2) is 0 Å². The van der Waals surface area contributed by atoms with Crippen molar-refractivity contribution in [3.8, 4) is 0 Å². The Bertz CT molecular complexity index is 379. The molecular formula is C14H23N3O2. The second-order valence-electron chi connectivity index (χ2n) is 4.42. The minimum atomic E-state index is -0.612. The van der Waals surface area contributed by atoms with Crippen molar-refractivity contribution in [3.63, 3.8) is 0 Å². The molecule has 1 aromatic rings. The van der Waals surface area contributed by atoms with Crippen LogP contribution < -0.4 is 16.4 Å². The first-order valence-electron chi connectivity index (χ1n) is 6.44. The highest BCUT2D eigenvalue weighted by Crippen LogP contribution is 2.11. The van der Waals surface area contributed by atoms with Gasteiger partial charge in [0.1, 0.15) is 6.04 Å². The molecule has 0 aliphatic heterocycles. The molecule has 1 unspecified atom stereocenters. The van der Waals surface area contributed by atoms with E-state index in [9.17, 15) is 4.79 Å². The molecule has 0 saturated carbocycles. The fourth-order valence-corrected chi connectivity index (χ4v) is 1.61. The molecule has 0 spiro atoms. The third-order valence-electron chi connectivity index (χ3n) is 2.80. The summed E-state index contributed by atoms with van der Waals surface area (Å²) >= 11 is 0. The zero-order valence-corrected chi connectivity index (χ0v) is 11.6. The molecule has 0 aliphatic rings. The summed E-state index contributed by atoms with van der Waals surface area (Å²) < 4.78 is 4.91.